The van der Waals surface area contributed by atoms with Crippen LogP contribution >= 0.6 is 0 Å². The van der Waals surface area contributed by atoms with Crippen LogP contribution in [-0.4, -0.2) is 29.1 Å². The Hall–Kier alpha value is -1.25. The molecule has 86 valence electrons. The van der Waals surface area contributed by atoms with Crippen LogP contribution in [-0.2, 0) is 4.79 Å². The first-order chi connectivity index (χ1) is 7.66. The van der Waals surface area contributed by atoms with Crippen molar-refractivity contribution in [1.29, 1.82) is 0 Å². The molecule has 0 aromatic rings. The number of rotatable bonds is 1. The van der Waals surface area contributed by atoms with Crippen LogP contribution in [0.3, 0.4) is 0 Å². The van der Waals surface area contributed by atoms with Gasteiger partial charge in [0.1, 0.15) is 0 Å². The van der Waals surface area contributed by atoms with Gasteiger partial charge in [-0.3, -0.25) is 4.79 Å². The lowest BCUT2D eigenvalue weighted by molar-refractivity contribution is -0.149. The number of hydrogen-bond acceptors (Lipinski definition) is 2. The fourth-order valence-electron chi connectivity index (χ4n) is 3.19. The molecule has 2 bridgehead atoms. The van der Waals surface area contributed by atoms with Gasteiger partial charge >= 0.3 is 5.97 Å². The van der Waals surface area contributed by atoms with Crippen LogP contribution in [0.1, 0.15) is 19.3 Å². The highest BCUT2D eigenvalue weighted by molar-refractivity contribution is 5.73. The van der Waals surface area contributed by atoms with E-state index in [1.54, 1.807) is 0 Å². The molecule has 1 N–H and O–H groups in total. The summed E-state index contributed by atoms with van der Waals surface area (Å²) in [6, 6.07) is 0.532. The highest BCUT2D eigenvalue weighted by Gasteiger charge is 2.45. The summed E-state index contributed by atoms with van der Waals surface area (Å²) < 4.78 is 0. The van der Waals surface area contributed by atoms with Crippen molar-refractivity contribution in [3.8, 4) is 0 Å². The van der Waals surface area contributed by atoms with E-state index in [1.165, 1.54) is 12.0 Å². The Kier molecular flexibility index (Phi) is 2.09. The lowest BCUT2D eigenvalue weighted by Crippen LogP contribution is -2.40. The third kappa shape index (κ3) is 1.30. The molecule has 4 unspecified atom stereocenters. The van der Waals surface area contributed by atoms with E-state index >= 15 is 0 Å². The number of carboxylic acids is 1. The Bertz CT molecular complexity index is 385. The zero-order chi connectivity index (χ0) is 11.3. The molecule has 0 radical (unpaired) electrons. The van der Waals surface area contributed by atoms with Gasteiger partial charge in [0.05, 0.1) is 5.92 Å². The third-order valence-electron chi connectivity index (χ3n) is 4.37. The van der Waals surface area contributed by atoms with Crippen molar-refractivity contribution in [3.05, 3.63) is 23.9 Å². The normalized spacial score (nSPS) is 45.8. The predicted molar refractivity (Wildman–Crippen MR) is 60.7 cm³/mol. The predicted octanol–water partition coefficient (Wildman–Crippen LogP) is 1.87. The molecule has 2 aliphatic heterocycles. The van der Waals surface area contributed by atoms with Gasteiger partial charge < -0.3 is 10.0 Å². The van der Waals surface area contributed by atoms with Crippen LogP contribution < -0.4 is 0 Å². The molecule has 2 saturated carbocycles. The second-order valence-corrected chi connectivity index (χ2v) is 5.23. The molecule has 0 saturated heterocycles. The third-order valence-corrected chi connectivity index (χ3v) is 4.37. The van der Waals surface area contributed by atoms with Crippen LogP contribution in [0.15, 0.2) is 23.9 Å². The van der Waals surface area contributed by atoms with Crippen molar-refractivity contribution in [1.82, 2.24) is 4.90 Å². The van der Waals surface area contributed by atoms with Crippen molar-refractivity contribution in [2.24, 2.45) is 17.8 Å². The topological polar surface area (TPSA) is 40.5 Å². The summed E-state index contributed by atoms with van der Waals surface area (Å²) in [5.41, 5.74) is 1.45. The molecular formula is C13H17NO2. The molecule has 0 amide bonds. The number of aliphatic carboxylic acids is 1. The van der Waals surface area contributed by atoms with E-state index in [9.17, 15) is 9.90 Å². The van der Waals surface area contributed by atoms with E-state index in [4.69, 9.17) is 0 Å². The summed E-state index contributed by atoms with van der Waals surface area (Å²) in [6.45, 7) is 0. The van der Waals surface area contributed by atoms with E-state index in [2.05, 4.69) is 30.3 Å². The molecule has 4 atom stereocenters. The molecule has 4 rings (SSSR count). The first-order valence-electron chi connectivity index (χ1n) is 6.00. The molecule has 0 aromatic carbocycles. The zero-order valence-electron chi connectivity index (χ0n) is 9.47. The quantitative estimate of drug-likeness (QED) is 0.684. The molecule has 0 spiro atoms. The van der Waals surface area contributed by atoms with Gasteiger partial charge in [0, 0.05) is 13.1 Å². The van der Waals surface area contributed by atoms with Crippen molar-refractivity contribution >= 4 is 5.97 Å². The molecule has 2 fully saturated rings. The van der Waals surface area contributed by atoms with Gasteiger partial charge in [0.15, 0.2) is 0 Å². The number of likely N-dealkylation sites (N-methyl/N-ethyl adjacent to an activating group) is 1. The van der Waals surface area contributed by atoms with Crippen LogP contribution in [0.25, 0.3) is 0 Å². The highest BCUT2D eigenvalue weighted by Crippen LogP contribution is 2.46. The molecule has 16 heavy (non-hydrogen) atoms. The van der Waals surface area contributed by atoms with E-state index < -0.39 is 5.97 Å². The number of nitrogens with zero attached hydrogens (tertiary/aromatic N) is 1. The van der Waals surface area contributed by atoms with Crippen molar-refractivity contribution in [3.63, 3.8) is 0 Å². The van der Waals surface area contributed by atoms with Crippen LogP contribution in [0.2, 0.25) is 0 Å². The fourth-order valence-corrected chi connectivity index (χ4v) is 3.19. The molecule has 2 aliphatic carbocycles. The molecular weight excluding hydrogens is 202 g/mol. The van der Waals surface area contributed by atoms with Gasteiger partial charge in [0.25, 0.3) is 0 Å². The standard InChI is InChI=1S/C13H17NO2/c1-14-5-4-9-7-10(12(9)13(15)16)6-8-2-3-11(8)14/h4-6,9-12H,2-3,7H2,1H3,(H,15,16)/b5-4-,8-6-. The maximum Gasteiger partial charge on any atom is 0.307 e. The minimum atomic E-state index is -0.636. The number of hydrogen-bond donors (Lipinski definition) is 1. The smallest absolute Gasteiger partial charge is 0.307 e. The second-order valence-electron chi connectivity index (χ2n) is 5.23. The minimum Gasteiger partial charge on any atom is -0.481 e. The molecule has 3 heteroatoms. The molecule has 0 aromatic heterocycles. The van der Waals surface area contributed by atoms with Crippen LogP contribution in [0.4, 0.5) is 0 Å². The Balaban J connectivity index is 1.92. The zero-order valence-corrected chi connectivity index (χ0v) is 9.47. The number of carboxylic acid groups (broad SMARTS) is 1. The molecule has 2 heterocycles. The van der Waals surface area contributed by atoms with E-state index in [-0.39, 0.29) is 17.8 Å². The van der Waals surface area contributed by atoms with E-state index in [0.29, 0.717) is 6.04 Å². The largest absolute Gasteiger partial charge is 0.481 e. The Morgan fingerprint density at radius 1 is 1.50 bits per heavy atom. The molecule has 4 aliphatic rings. The van der Waals surface area contributed by atoms with Gasteiger partial charge in [0.2, 0.25) is 0 Å². The SMILES string of the molecule is CN1/C=C\C2CC(/C=C3/CCC31)C2C(=O)O. The van der Waals surface area contributed by atoms with Gasteiger partial charge in [-0.15, -0.1) is 0 Å². The van der Waals surface area contributed by atoms with Crippen molar-refractivity contribution in [2.45, 2.75) is 25.3 Å². The fraction of sp³-hybridized carbons (Fsp3) is 0.615. The van der Waals surface area contributed by atoms with E-state index in [1.807, 2.05) is 0 Å². The molecule has 3 nitrogen and oxygen atoms in total. The highest BCUT2D eigenvalue weighted by atomic mass is 16.4. The van der Waals surface area contributed by atoms with Crippen molar-refractivity contribution in [2.75, 3.05) is 7.05 Å². The Morgan fingerprint density at radius 2 is 2.31 bits per heavy atom. The lowest BCUT2D eigenvalue weighted by atomic mass is 9.63. The number of carbonyl (C=O) groups is 1. The van der Waals surface area contributed by atoms with Gasteiger partial charge in [-0.2, -0.15) is 0 Å². The Labute approximate surface area is 95.4 Å². The summed E-state index contributed by atoms with van der Waals surface area (Å²) in [5.74, 6) is -0.310. The van der Waals surface area contributed by atoms with Gasteiger partial charge in [-0.1, -0.05) is 17.7 Å². The van der Waals surface area contributed by atoms with Crippen molar-refractivity contribution < 1.29 is 9.90 Å². The summed E-state index contributed by atoms with van der Waals surface area (Å²) in [7, 11) is 2.09. The Morgan fingerprint density at radius 3 is 2.94 bits per heavy atom. The first kappa shape index (κ1) is 9.94. The van der Waals surface area contributed by atoms with Crippen LogP contribution in [0.5, 0.6) is 0 Å². The monoisotopic (exact) mass is 219 g/mol. The summed E-state index contributed by atoms with van der Waals surface area (Å²) in [6.07, 6.45) is 9.78. The van der Waals surface area contributed by atoms with Crippen LogP contribution in [0, 0.1) is 17.8 Å². The lowest BCUT2D eigenvalue weighted by Gasteiger charge is -2.40. The summed E-state index contributed by atoms with van der Waals surface area (Å²) in [4.78, 5) is 13.4. The summed E-state index contributed by atoms with van der Waals surface area (Å²) in [5, 5.41) is 9.21. The van der Waals surface area contributed by atoms with Gasteiger partial charge in [-0.25, -0.2) is 0 Å². The first-order valence-corrected chi connectivity index (χ1v) is 6.00. The average Bonchev–Trinajstić information content (AvgIpc) is 2.17. The minimum absolute atomic E-state index is 0.184. The van der Waals surface area contributed by atoms with Gasteiger partial charge in [-0.05, 0) is 37.3 Å². The number of fused-ring (bicyclic) bond motifs is 1. The average molecular weight is 219 g/mol. The van der Waals surface area contributed by atoms with E-state index in [0.717, 1.165) is 12.8 Å². The summed E-state index contributed by atoms with van der Waals surface area (Å²) >= 11 is 0. The number of allylic oxidation sites excluding steroid dienone is 2. The second kappa shape index (κ2) is 3.37. The maximum absolute atomic E-state index is 11.2. The maximum atomic E-state index is 11.2.